The number of fused-ring (bicyclic) bond motifs is 3. The quantitative estimate of drug-likeness (QED) is 0.697. The molecule has 0 aliphatic carbocycles. The first-order chi connectivity index (χ1) is 7.13. The molecule has 3 heteroatoms. The zero-order valence-electron chi connectivity index (χ0n) is 8.95. The number of amides is 1. The van der Waals surface area contributed by atoms with Gasteiger partial charge in [-0.1, -0.05) is 12.1 Å². The van der Waals surface area contributed by atoms with Crippen LogP contribution in [0.1, 0.15) is 20.3 Å². The Hall–Kier alpha value is -1.51. The molecule has 2 aliphatic rings. The van der Waals surface area contributed by atoms with Gasteiger partial charge in [-0.3, -0.25) is 4.79 Å². The van der Waals surface area contributed by atoms with Crippen molar-refractivity contribution in [1.82, 2.24) is 0 Å². The molecule has 0 unspecified atom stereocenters. The van der Waals surface area contributed by atoms with Gasteiger partial charge in [0.05, 0.1) is 11.4 Å². The second-order valence-electron chi connectivity index (χ2n) is 4.67. The lowest BCUT2D eigenvalue weighted by atomic mass is 9.77. The molecule has 3 nitrogen and oxygen atoms in total. The zero-order valence-corrected chi connectivity index (χ0v) is 8.95. The minimum atomic E-state index is -0.326. The maximum atomic E-state index is 11.9. The van der Waals surface area contributed by atoms with Crippen molar-refractivity contribution in [2.24, 2.45) is 0 Å². The molecule has 3 rings (SSSR count). The second kappa shape index (κ2) is 2.54. The van der Waals surface area contributed by atoms with Crippen LogP contribution >= 0.6 is 0 Å². The fourth-order valence-corrected chi connectivity index (χ4v) is 2.89. The Balaban J connectivity index is 2.16. The standard InChI is InChI=1S/C12H14N2O/c1-8-7-12(2)11(15)13-9-5-3-4-6-10(9)14(8)12/h3-6,8H,7H2,1-2H3,(H,13,15)/t8-,12+/m0/s1. The summed E-state index contributed by atoms with van der Waals surface area (Å²) in [5.41, 5.74) is 1.76. The van der Waals surface area contributed by atoms with Crippen molar-refractivity contribution < 1.29 is 4.79 Å². The van der Waals surface area contributed by atoms with Gasteiger partial charge in [-0.2, -0.15) is 0 Å². The summed E-state index contributed by atoms with van der Waals surface area (Å²) >= 11 is 0. The van der Waals surface area contributed by atoms with Gasteiger partial charge in [0.2, 0.25) is 5.91 Å². The third-order valence-corrected chi connectivity index (χ3v) is 3.57. The van der Waals surface area contributed by atoms with E-state index in [4.69, 9.17) is 0 Å². The number of carbonyl (C=O) groups is 1. The molecule has 1 N–H and O–H groups in total. The SMILES string of the molecule is C[C@H]1C[C@]2(C)C(=O)Nc3ccccc3N12. The molecule has 78 valence electrons. The molecule has 0 saturated carbocycles. The summed E-state index contributed by atoms with van der Waals surface area (Å²) in [5.74, 6) is 0.124. The number of para-hydroxylation sites is 2. The highest BCUT2D eigenvalue weighted by atomic mass is 16.2. The lowest BCUT2D eigenvalue weighted by Crippen LogP contribution is -2.71. The number of nitrogens with one attached hydrogen (secondary N) is 1. The smallest absolute Gasteiger partial charge is 0.250 e. The topological polar surface area (TPSA) is 32.3 Å². The highest BCUT2D eigenvalue weighted by Crippen LogP contribution is 2.47. The molecule has 2 heterocycles. The molecule has 1 amide bonds. The number of anilines is 2. The summed E-state index contributed by atoms with van der Waals surface area (Å²) in [6.45, 7) is 4.18. The van der Waals surface area contributed by atoms with Gasteiger partial charge < -0.3 is 10.2 Å². The average Bonchev–Trinajstić information content (AvgIpc) is 2.18. The number of nitrogens with zero attached hydrogens (tertiary/aromatic N) is 1. The Morgan fingerprint density at radius 1 is 1.47 bits per heavy atom. The molecule has 1 aromatic rings. The third kappa shape index (κ3) is 0.928. The summed E-state index contributed by atoms with van der Waals surface area (Å²) in [5, 5.41) is 2.97. The summed E-state index contributed by atoms with van der Waals surface area (Å²) in [6, 6.07) is 8.45. The first kappa shape index (κ1) is 8.77. The third-order valence-electron chi connectivity index (χ3n) is 3.57. The van der Waals surface area contributed by atoms with Crippen molar-refractivity contribution in [2.75, 3.05) is 10.2 Å². The number of hydrogen-bond donors (Lipinski definition) is 1. The van der Waals surface area contributed by atoms with Crippen molar-refractivity contribution in [3.05, 3.63) is 24.3 Å². The average molecular weight is 202 g/mol. The lowest BCUT2D eigenvalue weighted by molar-refractivity contribution is -0.123. The van der Waals surface area contributed by atoms with Gasteiger partial charge >= 0.3 is 0 Å². The molecular weight excluding hydrogens is 188 g/mol. The van der Waals surface area contributed by atoms with E-state index in [1.165, 1.54) is 0 Å². The van der Waals surface area contributed by atoms with E-state index in [0.29, 0.717) is 6.04 Å². The van der Waals surface area contributed by atoms with Crippen molar-refractivity contribution in [3.8, 4) is 0 Å². The molecule has 1 aromatic carbocycles. The van der Waals surface area contributed by atoms with E-state index in [1.54, 1.807) is 0 Å². The van der Waals surface area contributed by atoms with Crippen LogP contribution in [0.4, 0.5) is 11.4 Å². The van der Waals surface area contributed by atoms with E-state index in [-0.39, 0.29) is 11.4 Å². The van der Waals surface area contributed by atoms with Crippen LogP contribution in [-0.4, -0.2) is 17.5 Å². The van der Waals surface area contributed by atoms with E-state index in [0.717, 1.165) is 17.8 Å². The summed E-state index contributed by atoms with van der Waals surface area (Å²) in [4.78, 5) is 14.2. The zero-order chi connectivity index (χ0) is 10.6. The normalized spacial score (nSPS) is 32.5. The fourth-order valence-electron chi connectivity index (χ4n) is 2.89. The van der Waals surface area contributed by atoms with Crippen LogP contribution in [0.2, 0.25) is 0 Å². The number of hydrogen-bond acceptors (Lipinski definition) is 2. The van der Waals surface area contributed by atoms with Crippen LogP contribution in [-0.2, 0) is 4.79 Å². The highest BCUT2D eigenvalue weighted by molar-refractivity contribution is 6.08. The van der Waals surface area contributed by atoms with Crippen molar-refractivity contribution >= 4 is 17.3 Å². The fraction of sp³-hybridized carbons (Fsp3) is 0.417. The molecule has 0 bridgehead atoms. The second-order valence-corrected chi connectivity index (χ2v) is 4.67. The first-order valence-corrected chi connectivity index (χ1v) is 5.33. The minimum Gasteiger partial charge on any atom is -0.353 e. The molecule has 2 atom stereocenters. The molecular formula is C12H14N2O. The largest absolute Gasteiger partial charge is 0.353 e. The van der Waals surface area contributed by atoms with Crippen LogP contribution in [0.3, 0.4) is 0 Å². The van der Waals surface area contributed by atoms with Gasteiger partial charge in [0.1, 0.15) is 5.54 Å². The molecule has 0 spiro atoms. The summed E-state index contributed by atoms with van der Waals surface area (Å²) in [6.07, 6.45) is 0.938. The minimum absolute atomic E-state index is 0.124. The Morgan fingerprint density at radius 2 is 2.20 bits per heavy atom. The van der Waals surface area contributed by atoms with Crippen LogP contribution in [0.15, 0.2) is 24.3 Å². The van der Waals surface area contributed by atoms with Gasteiger partial charge in [-0.15, -0.1) is 0 Å². The van der Waals surface area contributed by atoms with Crippen LogP contribution in [0.25, 0.3) is 0 Å². The Labute approximate surface area is 89.1 Å². The maximum absolute atomic E-state index is 11.9. The van der Waals surface area contributed by atoms with Gasteiger partial charge in [0.25, 0.3) is 0 Å². The van der Waals surface area contributed by atoms with E-state index < -0.39 is 0 Å². The summed E-state index contributed by atoms with van der Waals surface area (Å²) < 4.78 is 0. The predicted octanol–water partition coefficient (Wildman–Crippen LogP) is 2.00. The number of carbonyl (C=O) groups excluding carboxylic acids is 1. The number of benzene rings is 1. The van der Waals surface area contributed by atoms with Gasteiger partial charge in [-0.05, 0) is 32.4 Å². The van der Waals surface area contributed by atoms with Gasteiger partial charge in [0, 0.05) is 6.04 Å². The van der Waals surface area contributed by atoms with Crippen LogP contribution < -0.4 is 10.2 Å². The Kier molecular flexibility index (Phi) is 1.48. The Bertz CT molecular complexity index is 443. The lowest BCUT2D eigenvalue weighted by Gasteiger charge is -2.58. The maximum Gasteiger partial charge on any atom is 0.250 e. The van der Waals surface area contributed by atoms with Crippen molar-refractivity contribution in [2.45, 2.75) is 31.8 Å². The monoisotopic (exact) mass is 202 g/mol. The van der Waals surface area contributed by atoms with Gasteiger partial charge in [-0.25, -0.2) is 0 Å². The highest BCUT2D eigenvalue weighted by Gasteiger charge is 2.54. The molecule has 1 fully saturated rings. The molecule has 1 saturated heterocycles. The molecule has 2 aliphatic heterocycles. The first-order valence-electron chi connectivity index (χ1n) is 5.33. The van der Waals surface area contributed by atoms with E-state index in [2.05, 4.69) is 23.2 Å². The van der Waals surface area contributed by atoms with Crippen LogP contribution in [0, 0.1) is 0 Å². The van der Waals surface area contributed by atoms with Crippen molar-refractivity contribution in [1.29, 1.82) is 0 Å². The molecule has 0 radical (unpaired) electrons. The van der Waals surface area contributed by atoms with E-state index >= 15 is 0 Å². The summed E-state index contributed by atoms with van der Waals surface area (Å²) in [7, 11) is 0. The van der Waals surface area contributed by atoms with Crippen molar-refractivity contribution in [3.63, 3.8) is 0 Å². The predicted molar refractivity (Wildman–Crippen MR) is 60.0 cm³/mol. The van der Waals surface area contributed by atoms with Gasteiger partial charge in [0.15, 0.2) is 0 Å². The molecule has 0 aromatic heterocycles. The van der Waals surface area contributed by atoms with E-state index in [1.807, 2.05) is 25.1 Å². The van der Waals surface area contributed by atoms with Crippen LogP contribution in [0.5, 0.6) is 0 Å². The Morgan fingerprint density at radius 3 is 2.93 bits per heavy atom. The molecule has 15 heavy (non-hydrogen) atoms. The van der Waals surface area contributed by atoms with E-state index in [9.17, 15) is 4.79 Å². The number of rotatable bonds is 0.